The van der Waals surface area contributed by atoms with Gasteiger partial charge in [-0.3, -0.25) is 4.99 Å². The van der Waals surface area contributed by atoms with Crippen LogP contribution in [0.15, 0.2) is 52.4 Å². The van der Waals surface area contributed by atoms with Gasteiger partial charge in [-0.2, -0.15) is 0 Å². The number of aliphatic imine (C=N–C) groups is 1. The highest BCUT2D eigenvalue weighted by Crippen LogP contribution is 2.16. The minimum atomic E-state index is -3.22. The van der Waals surface area contributed by atoms with Crippen molar-refractivity contribution in [2.45, 2.75) is 24.9 Å². The molecule has 2 aromatic carbocycles. The van der Waals surface area contributed by atoms with Crippen molar-refractivity contribution in [2.24, 2.45) is 4.99 Å². The molecule has 8 heteroatoms. The van der Waals surface area contributed by atoms with Crippen LogP contribution in [0.2, 0.25) is 0 Å². The molecule has 0 unspecified atom stereocenters. The zero-order valence-corrected chi connectivity index (χ0v) is 18.1. The number of hydrogen-bond donors (Lipinski definition) is 2. The Hall–Kier alpha value is -1.68. The summed E-state index contributed by atoms with van der Waals surface area (Å²) >= 11 is 0. The van der Waals surface area contributed by atoms with Gasteiger partial charge < -0.3 is 10.6 Å². The zero-order valence-electron chi connectivity index (χ0n) is 14.9. The quantitative estimate of drug-likeness (QED) is 0.384. The van der Waals surface area contributed by atoms with Gasteiger partial charge in [-0.25, -0.2) is 12.8 Å². The predicted molar refractivity (Wildman–Crippen MR) is 113 cm³/mol. The van der Waals surface area contributed by atoms with Gasteiger partial charge in [0.25, 0.3) is 0 Å². The van der Waals surface area contributed by atoms with Crippen molar-refractivity contribution >= 4 is 39.8 Å². The molecule has 0 aromatic heterocycles. The van der Waals surface area contributed by atoms with E-state index in [0.717, 1.165) is 5.56 Å². The van der Waals surface area contributed by atoms with Gasteiger partial charge in [-0.1, -0.05) is 30.3 Å². The fourth-order valence-electron chi connectivity index (χ4n) is 2.46. The van der Waals surface area contributed by atoms with E-state index in [0.29, 0.717) is 35.1 Å². The highest BCUT2D eigenvalue weighted by Gasteiger charge is 2.11. The molecule has 2 N–H and O–H groups in total. The standard InChI is InChI=1S/C18H22FN3O2S.HI/c1-13-10-14(8-9-17(13)25(3,23)24)11-21-18(20-2)22-12-15-6-4-5-7-16(15)19;/h4-10H,11-12H2,1-3H3,(H2,20,21,22);1H. The maximum atomic E-state index is 13.6. The van der Waals surface area contributed by atoms with E-state index in [-0.39, 0.29) is 29.8 Å². The van der Waals surface area contributed by atoms with Crippen molar-refractivity contribution in [2.75, 3.05) is 13.3 Å². The summed E-state index contributed by atoms with van der Waals surface area (Å²) in [6.45, 7) is 2.56. The third kappa shape index (κ3) is 6.24. The Kier molecular flexibility index (Phi) is 8.48. The first-order valence-electron chi connectivity index (χ1n) is 7.79. The van der Waals surface area contributed by atoms with Crippen molar-refractivity contribution < 1.29 is 12.8 Å². The molecule has 5 nitrogen and oxygen atoms in total. The number of halogens is 2. The van der Waals surface area contributed by atoms with Gasteiger partial charge in [-0.15, -0.1) is 24.0 Å². The topological polar surface area (TPSA) is 70.6 Å². The summed E-state index contributed by atoms with van der Waals surface area (Å²) in [5, 5.41) is 6.18. The first kappa shape index (κ1) is 22.4. The molecule has 2 aromatic rings. The monoisotopic (exact) mass is 491 g/mol. The summed E-state index contributed by atoms with van der Waals surface area (Å²) in [7, 11) is -1.59. The minimum Gasteiger partial charge on any atom is -0.352 e. The Morgan fingerprint density at radius 3 is 2.35 bits per heavy atom. The smallest absolute Gasteiger partial charge is 0.191 e. The van der Waals surface area contributed by atoms with Crippen LogP contribution in [-0.2, 0) is 22.9 Å². The average Bonchev–Trinajstić information content (AvgIpc) is 2.55. The Balaban J connectivity index is 0.00000338. The zero-order chi connectivity index (χ0) is 18.4. The number of nitrogens with one attached hydrogen (secondary N) is 2. The van der Waals surface area contributed by atoms with Gasteiger partial charge in [0.2, 0.25) is 0 Å². The molecule has 0 radical (unpaired) electrons. The SMILES string of the molecule is CN=C(NCc1ccc(S(C)(=O)=O)c(C)c1)NCc1ccccc1F.I. The van der Waals surface area contributed by atoms with Gasteiger partial charge in [-0.05, 0) is 30.2 Å². The number of guanidine groups is 1. The number of benzene rings is 2. The normalized spacial score (nSPS) is 11.6. The third-order valence-electron chi connectivity index (χ3n) is 3.73. The van der Waals surface area contributed by atoms with E-state index in [9.17, 15) is 12.8 Å². The summed E-state index contributed by atoms with van der Waals surface area (Å²) in [6.07, 6.45) is 1.20. The van der Waals surface area contributed by atoms with Crippen molar-refractivity contribution in [1.82, 2.24) is 10.6 Å². The van der Waals surface area contributed by atoms with Crippen molar-refractivity contribution in [3.8, 4) is 0 Å². The molecule has 0 amide bonds. The molecule has 0 aliphatic rings. The highest BCUT2D eigenvalue weighted by molar-refractivity contribution is 14.0. The Morgan fingerprint density at radius 1 is 1.12 bits per heavy atom. The van der Waals surface area contributed by atoms with Gasteiger partial charge in [0, 0.05) is 32.0 Å². The number of aryl methyl sites for hydroxylation is 1. The molecule has 2 rings (SSSR count). The second-order valence-electron chi connectivity index (χ2n) is 5.74. The van der Waals surface area contributed by atoms with E-state index >= 15 is 0 Å². The Labute approximate surface area is 171 Å². The second kappa shape index (κ2) is 9.86. The molecule has 0 heterocycles. The van der Waals surface area contributed by atoms with E-state index < -0.39 is 9.84 Å². The summed E-state index contributed by atoms with van der Waals surface area (Å²) < 4.78 is 36.9. The largest absolute Gasteiger partial charge is 0.352 e. The van der Waals surface area contributed by atoms with Crippen LogP contribution in [0.25, 0.3) is 0 Å². The molecule has 0 saturated carbocycles. The molecular weight excluding hydrogens is 468 g/mol. The lowest BCUT2D eigenvalue weighted by atomic mass is 10.1. The molecule has 0 bridgehead atoms. The number of hydrogen-bond acceptors (Lipinski definition) is 3. The van der Waals surface area contributed by atoms with E-state index in [2.05, 4.69) is 15.6 Å². The van der Waals surface area contributed by atoms with Crippen molar-refractivity contribution in [1.29, 1.82) is 0 Å². The van der Waals surface area contributed by atoms with Crippen LogP contribution < -0.4 is 10.6 Å². The van der Waals surface area contributed by atoms with Crippen LogP contribution in [0.1, 0.15) is 16.7 Å². The first-order valence-corrected chi connectivity index (χ1v) is 9.68. The van der Waals surface area contributed by atoms with Crippen LogP contribution in [0.4, 0.5) is 4.39 Å². The second-order valence-corrected chi connectivity index (χ2v) is 7.73. The molecule has 0 fully saturated rings. The van der Waals surface area contributed by atoms with Crippen LogP contribution in [0.3, 0.4) is 0 Å². The predicted octanol–water partition coefficient (Wildman–Crippen LogP) is 3.02. The third-order valence-corrected chi connectivity index (χ3v) is 4.98. The molecule has 0 spiro atoms. The van der Waals surface area contributed by atoms with Crippen molar-refractivity contribution in [3.05, 3.63) is 65.0 Å². The van der Waals surface area contributed by atoms with E-state index in [1.54, 1.807) is 44.3 Å². The van der Waals surface area contributed by atoms with Crippen LogP contribution in [-0.4, -0.2) is 27.7 Å². The number of sulfone groups is 1. The van der Waals surface area contributed by atoms with Gasteiger partial charge in [0.1, 0.15) is 5.82 Å². The number of nitrogens with zero attached hydrogens (tertiary/aromatic N) is 1. The van der Waals surface area contributed by atoms with Gasteiger partial charge in [0.05, 0.1) is 4.90 Å². The average molecular weight is 491 g/mol. The maximum absolute atomic E-state index is 13.6. The highest BCUT2D eigenvalue weighted by atomic mass is 127. The number of rotatable bonds is 5. The molecule has 0 aliphatic carbocycles. The lowest BCUT2D eigenvalue weighted by Crippen LogP contribution is -2.36. The molecule has 26 heavy (non-hydrogen) atoms. The van der Waals surface area contributed by atoms with Crippen LogP contribution in [0, 0.1) is 12.7 Å². The van der Waals surface area contributed by atoms with Gasteiger partial charge >= 0.3 is 0 Å². The van der Waals surface area contributed by atoms with Crippen molar-refractivity contribution in [3.63, 3.8) is 0 Å². The first-order chi connectivity index (χ1) is 11.8. The Morgan fingerprint density at radius 2 is 1.77 bits per heavy atom. The lowest BCUT2D eigenvalue weighted by molar-refractivity contribution is 0.601. The van der Waals surface area contributed by atoms with Crippen LogP contribution in [0.5, 0.6) is 0 Å². The summed E-state index contributed by atoms with van der Waals surface area (Å²) in [4.78, 5) is 4.43. The summed E-state index contributed by atoms with van der Waals surface area (Å²) in [6, 6.07) is 11.8. The Bertz CT molecular complexity index is 886. The van der Waals surface area contributed by atoms with Gasteiger partial charge in [0.15, 0.2) is 15.8 Å². The lowest BCUT2D eigenvalue weighted by Gasteiger charge is -2.13. The maximum Gasteiger partial charge on any atom is 0.191 e. The van der Waals surface area contributed by atoms with E-state index in [1.807, 2.05) is 6.07 Å². The minimum absolute atomic E-state index is 0. The molecule has 0 saturated heterocycles. The van der Waals surface area contributed by atoms with Crippen LogP contribution >= 0.6 is 24.0 Å². The van der Waals surface area contributed by atoms with E-state index in [1.165, 1.54) is 12.3 Å². The fraction of sp³-hybridized carbons (Fsp3) is 0.278. The molecule has 0 atom stereocenters. The molecular formula is C18H23FIN3O2S. The summed E-state index contributed by atoms with van der Waals surface area (Å²) in [5.74, 6) is 0.269. The fourth-order valence-corrected chi connectivity index (χ4v) is 3.42. The molecule has 0 aliphatic heterocycles. The van der Waals surface area contributed by atoms with E-state index in [4.69, 9.17) is 0 Å². The summed E-state index contributed by atoms with van der Waals surface area (Å²) in [5.41, 5.74) is 2.19. The molecule has 142 valence electrons.